The molecule has 162 valence electrons. The van der Waals surface area contributed by atoms with Gasteiger partial charge in [-0.3, -0.25) is 9.59 Å². The molecule has 0 atom stereocenters. The van der Waals surface area contributed by atoms with Gasteiger partial charge in [0.25, 0.3) is 5.91 Å². The summed E-state index contributed by atoms with van der Waals surface area (Å²) in [5, 5.41) is 2.41. The molecule has 0 bridgehead atoms. The molecule has 2 rings (SSSR count). The Bertz CT molecular complexity index is 881. The van der Waals surface area contributed by atoms with Crippen molar-refractivity contribution in [1.29, 1.82) is 0 Å². The first kappa shape index (κ1) is 23.1. The van der Waals surface area contributed by atoms with Gasteiger partial charge in [-0.1, -0.05) is 18.2 Å². The Morgan fingerprint density at radius 2 is 1.70 bits per heavy atom. The molecule has 0 unspecified atom stereocenters. The fourth-order valence-electron chi connectivity index (χ4n) is 2.62. The van der Waals surface area contributed by atoms with Crippen LogP contribution in [0, 0.1) is 0 Å². The molecule has 0 fully saturated rings. The van der Waals surface area contributed by atoms with E-state index >= 15 is 0 Å². The van der Waals surface area contributed by atoms with Crippen LogP contribution in [-0.2, 0) is 28.7 Å². The molecule has 6 nitrogen and oxygen atoms in total. The van der Waals surface area contributed by atoms with Crippen molar-refractivity contribution in [3.05, 3.63) is 59.2 Å². The van der Waals surface area contributed by atoms with Crippen LogP contribution >= 0.6 is 0 Å². The van der Waals surface area contributed by atoms with Crippen LogP contribution in [-0.4, -0.2) is 24.5 Å². The molecule has 0 radical (unpaired) electrons. The number of alkyl halides is 3. The maximum absolute atomic E-state index is 13.3. The van der Waals surface area contributed by atoms with E-state index in [9.17, 15) is 22.8 Å². The van der Waals surface area contributed by atoms with Crippen molar-refractivity contribution in [1.82, 2.24) is 5.32 Å². The van der Waals surface area contributed by atoms with Gasteiger partial charge < -0.3 is 20.5 Å². The third-order valence-electron chi connectivity index (χ3n) is 3.91. The molecule has 0 aromatic heterocycles. The van der Waals surface area contributed by atoms with Crippen LogP contribution in [0.5, 0.6) is 11.5 Å². The van der Waals surface area contributed by atoms with Crippen LogP contribution in [0.4, 0.5) is 13.2 Å². The monoisotopic (exact) mass is 424 g/mol. The fourth-order valence-corrected chi connectivity index (χ4v) is 2.62. The molecule has 0 aliphatic rings. The smallest absolute Gasteiger partial charge is 0.416 e. The van der Waals surface area contributed by atoms with E-state index in [1.807, 2.05) is 0 Å². The molecule has 2 amide bonds. The highest BCUT2D eigenvalue weighted by atomic mass is 19.4. The van der Waals surface area contributed by atoms with Crippen molar-refractivity contribution in [3.8, 4) is 11.5 Å². The highest BCUT2D eigenvalue weighted by Gasteiger charge is 2.34. The Hall–Kier alpha value is -3.23. The fraction of sp³-hybridized carbons (Fsp3) is 0.333. The normalized spacial score (nSPS) is 11.3. The van der Waals surface area contributed by atoms with Gasteiger partial charge in [-0.15, -0.1) is 0 Å². The third-order valence-corrected chi connectivity index (χ3v) is 3.91. The SMILES string of the molecule is CC(C)Oc1ccc(CNC(=O)COc2ccc(CC(N)=O)cc2)c(C(F)(F)F)c1. The first-order chi connectivity index (χ1) is 14.0. The maximum Gasteiger partial charge on any atom is 0.416 e. The standard InChI is InChI=1S/C21H23F3N2O4/c1-13(2)30-17-8-5-15(18(10-17)21(22,23)24)11-26-20(28)12-29-16-6-3-14(4-7-16)9-19(25)27/h3-8,10,13H,9,11-12H2,1-2H3,(H2,25,27)(H,26,28). The van der Waals surface area contributed by atoms with Crippen molar-refractivity contribution in [2.75, 3.05) is 6.61 Å². The summed E-state index contributed by atoms with van der Waals surface area (Å²) in [5.41, 5.74) is 4.86. The van der Waals surface area contributed by atoms with Crippen LogP contribution in [0.3, 0.4) is 0 Å². The quantitative estimate of drug-likeness (QED) is 0.647. The summed E-state index contributed by atoms with van der Waals surface area (Å²) in [5.74, 6) is -0.558. The average Bonchev–Trinajstić information content (AvgIpc) is 2.64. The van der Waals surface area contributed by atoms with E-state index in [-0.39, 0.29) is 37.0 Å². The van der Waals surface area contributed by atoms with Crippen molar-refractivity contribution in [2.24, 2.45) is 5.73 Å². The molecule has 30 heavy (non-hydrogen) atoms. The summed E-state index contributed by atoms with van der Waals surface area (Å²) >= 11 is 0. The zero-order valence-corrected chi connectivity index (χ0v) is 16.6. The molecule has 0 aliphatic heterocycles. The molecular weight excluding hydrogens is 401 g/mol. The highest BCUT2D eigenvalue weighted by Crippen LogP contribution is 2.34. The highest BCUT2D eigenvalue weighted by molar-refractivity contribution is 5.77. The first-order valence-electron chi connectivity index (χ1n) is 9.18. The number of nitrogens with one attached hydrogen (secondary N) is 1. The molecule has 0 saturated heterocycles. The summed E-state index contributed by atoms with van der Waals surface area (Å²) in [6, 6.07) is 10.0. The summed E-state index contributed by atoms with van der Waals surface area (Å²) in [6.45, 7) is 2.75. The molecule has 2 aromatic rings. The van der Waals surface area contributed by atoms with Crippen molar-refractivity contribution in [3.63, 3.8) is 0 Å². The molecule has 0 spiro atoms. The zero-order chi connectivity index (χ0) is 22.3. The molecule has 0 heterocycles. The number of amides is 2. The Balaban J connectivity index is 1.94. The van der Waals surface area contributed by atoms with Gasteiger partial charge in [-0.2, -0.15) is 13.2 Å². The molecular formula is C21H23F3N2O4. The number of nitrogens with two attached hydrogens (primary N) is 1. The van der Waals surface area contributed by atoms with Crippen LogP contribution in [0.15, 0.2) is 42.5 Å². The Morgan fingerprint density at radius 1 is 1.07 bits per heavy atom. The lowest BCUT2D eigenvalue weighted by Gasteiger charge is -2.17. The lowest BCUT2D eigenvalue weighted by molar-refractivity contribution is -0.138. The Kier molecular flexibility index (Phi) is 7.68. The average molecular weight is 424 g/mol. The second-order valence-electron chi connectivity index (χ2n) is 6.84. The van der Waals surface area contributed by atoms with Crippen LogP contribution in [0.1, 0.15) is 30.5 Å². The number of benzene rings is 2. The van der Waals surface area contributed by atoms with E-state index < -0.39 is 23.6 Å². The minimum Gasteiger partial charge on any atom is -0.491 e. The zero-order valence-electron chi connectivity index (χ0n) is 16.6. The lowest BCUT2D eigenvalue weighted by Crippen LogP contribution is -2.29. The number of primary amides is 1. The molecule has 0 aliphatic carbocycles. The summed E-state index contributed by atoms with van der Waals surface area (Å²) in [7, 11) is 0. The van der Waals surface area contributed by atoms with Gasteiger partial charge in [0.15, 0.2) is 6.61 Å². The largest absolute Gasteiger partial charge is 0.491 e. The minimum atomic E-state index is -4.58. The van der Waals surface area contributed by atoms with Crippen molar-refractivity contribution in [2.45, 2.75) is 39.1 Å². The van der Waals surface area contributed by atoms with E-state index in [2.05, 4.69) is 5.32 Å². The Labute approximate surface area is 172 Å². The van der Waals surface area contributed by atoms with Crippen LogP contribution in [0.25, 0.3) is 0 Å². The second kappa shape index (κ2) is 10.00. The molecule has 0 saturated carbocycles. The summed E-state index contributed by atoms with van der Waals surface area (Å²) < 4.78 is 50.7. The van der Waals surface area contributed by atoms with Crippen molar-refractivity contribution >= 4 is 11.8 Å². The second-order valence-corrected chi connectivity index (χ2v) is 6.84. The van der Waals surface area contributed by atoms with E-state index in [1.165, 1.54) is 12.1 Å². The predicted octanol–water partition coefficient (Wildman–Crippen LogP) is 3.22. The number of hydrogen-bond donors (Lipinski definition) is 2. The van der Waals surface area contributed by atoms with Crippen LogP contribution in [0.2, 0.25) is 0 Å². The van der Waals surface area contributed by atoms with Gasteiger partial charge in [-0.05, 0) is 49.2 Å². The van der Waals surface area contributed by atoms with Gasteiger partial charge in [0.1, 0.15) is 11.5 Å². The topological polar surface area (TPSA) is 90.7 Å². The number of hydrogen-bond acceptors (Lipinski definition) is 4. The van der Waals surface area contributed by atoms with E-state index in [4.69, 9.17) is 15.2 Å². The summed E-state index contributed by atoms with van der Waals surface area (Å²) in [6.07, 6.45) is -4.76. The number of halogens is 3. The van der Waals surface area contributed by atoms with Gasteiger partial charge in [-0.25, -0.2) is 0 Å². The number of ether oxygens (including phenoxy) is 2. The predicted molar refractivity (Wildman–Crippen MR) is 104 cm³/mol. The van der Waals surface area contributed by atoms with Gasteiger partial charge >= 0.3 is 6.18 Å². The van der Waals surface area contributed by atoms with Crippen molar-refractivity contribution < 1.29 is 32.2 Å². The van der Waals surface area contributed by atoms with Crippen LogP contribution < -0.4 is 20.5 Å². The first-order valence-corrected chi connectivity index (χ1v) is 9.18. The van der Waals surface area contributed by atoms with Gasteiger partial charge in [0.2, 0.25) is 5.91 Å². The molecule has 3 N–H and O–H groups in total. The van der Waals surface area contributed by atoms with Gasteiger partial charge in [0.05, 0.1) is 18.1 Å². The number of rotatable bonds is 9. The Morgan fingerprint density at radius 3 is 2.27 bits per heavy atom. The van der Waals surface area contributed by atoms with E-state index in [0.29, 0.717) is 11.3 Å². The minimum absolute atomic E-state index is 0.0808. The third kappa shape index (κ3) is 7.31. The number of carbonyl (C=O) groups is 2. The summed E-state index contributed by atoms with van der Waals surface area (Å²) in [4.78, 5) is 22.8. The van der Waals surface area contributed by atoms with E-state index in [0.717, 1.165) is 6.07 Å². The van der Waals surface area contributed by atoms with E-state index in [1.54, 1.807) is 38.1 Å². The molecule has 9 heteroatoms. The van der Waals surface area contributed by atoms with Gasteiger partial charge in [0, 0.05) is 6.54 Å². The number of carbonyl (C=O) groups excluding carboxylic acids is 2. The maximum atomic E-state index is 13.3. The molecule has 2 aromatic carbocycles. The lowest BCUT2D eigenvalue weighted by atomic mass is 10.1.